The summed E-state index contributed by atoms with van der Waals surface area (Å²) >= 11 is 7.65. The van der Waals surface area contributed by atoms with E-state index in [1.54, 1.807) is 0 Å². The first-order valence-electron chi connectivity index (χ1n) is 17.4. The molecule has 0 radical (unpaired) electrons. The minimum Gasteiger partial charge on any atom is -0.480 e. The number of benzene rings is 4. The average Bonchev–Trinajstić information content (AvgIpc) is 3.90. The van der Waals surface area contributed by atoms with E-state index < -0.39 is 18.1 Å². The predicted molar refractivity (Wildman–Crippen MR) is 215 cm³/mol. The van der Waals surface area contributed by atoms with Crippen molar-refractivity contribution in [1.82, 2.24) is 9.47 Å². The zero-order valence-corrected chi connectivity index (χ0v) is 30.8. The van der Waals surface area contributed by atoms with Crippen molar-refractivity contribution in [3.8, 4) is 0 Å². The molecule has 2 aliphatic heterocycles. The molecule has 3 heterocycles. The number of anilines is 2. The molecule has 5 aromatic rings. The first-order chi connectivity index (χ1) is 25.3. The lowest BCUT2D eigenvalue weighted by molar-refractivity contribution is -0.137. The summed E-state index contributed by atoms with van der Waals surface area (Å²) in [5, 5.41) is 9.62. The van der Waals surface area contributed by atoms with E-state index in [-0.39, 0.29) is 5.91 Å². The van der Waals surface area contributed by atoms with Gasteiger partial charge < -0.3 is 10.0 Å². The number of thiazole rings is 1. The summed E-state index contributed by atoms with van der Waals surface area (Å²) in [6, 6.07) is 36.5. The second kappa shape index (κ2) is 14.2. The van der Waals surface area contributed by atoms with Crippen molar-refractivity contribution in [2.45, 2.75) is 44.7 Å². The Morgan fingerprint density at radius 1 is 0.904 bits per heavy atom. The molecule has 1 saturated heterocycles. The third-order valence-corrected chi connectivity index (χ3v) is 12.7. The third-order valence-electron chi connectivity index (χ3n) is 10.0. The van der Waals surface area contributed by atoms with Crippen LogP contribution < -0.4 is 19.7 Å². The topological polar surface area (TPSA) is 82.9 Å². The molecule has 10 heteroatoms. The number of carboxylic acid groups (broad SMARTS) is 1. The Labute approximate surface area is 314 Å². The molecule has 260 valence electrons. The van der Waals surface area contributed by atoms with Gasteiger partial charge in [0.05, 0.1) is 4.53 Å². The molecule has 2 fully saturated rings. The molecule has 4 aromatic carbocycles. The molecule has 7 nitrogen and oxygen atoms in total. The predicted octanol–water partition coefficient (Wildman–Crippen LogP) is 7.19. The molecule has 1 amide bonds. The van der Waals surface area contributed by atoms with Crippen molar-refractivity contribution >= 4 is 85.5 Å². The van der Waals surface area contributed by atoms with Gasteiger partial charge in [-0.05, 0) is 89.6 Å². The number of thiocarbonyl (C=S) groups is 1. The largest absolute Gasteiger partial charge is 0.480 e. The van der Waals surface area contributed by atoms with Crippen molar-refractivity contribution in [2.75, 3.05) is 11.4 Å². The second-order valence-corrected chi connectivity index (χ2v) is 15.8. The number of rotatable bonds is 8. The van der Waals surface area contributed by atoms with Crippen LogP contribution in [0.25, 0.3) is 22.6 Å². The Balaban J connectivity index is 1.15. The van der Waals surface area contributed by atoms with Gasteiger partial charge in [0, 0.05) is 29.9 Å². The van der Waals surface area contributed by atoms with E-state index in [1.165, 1.54) is 37.4 Å². The summed E-state index contributed by atoms with van der Waals surface area (Å²) in [7, 11) is 0. The van der Waals surface area contributed by atoms with Crippen molar-refractivity contribution in [3.63, 3.8) is 0 Å². The molecule has 0 unspecified atom stereocenters. The Morgan fingerprint density at radius 3 is 2.21 bits per heavy atom. The molecular weight excluding hydrogens is 707 g/mol. The number of hydrogen-bond donors (Lipinski definition) is 1. The fourth-order valence-electron chi connectivity index (χ4n) is 7.69. The van der Waals surface area contributed by atoms with Crippen LogP contribution in [0.2, 0.25) is 0 Å². The molecule has 1 aliphatic carbocycles. The number of fused-ring (bicyclic) bond motifs is 3. The van der Waals surface area contributed by atoms with E-state index in [1.807, 2.05) is 31.2 Å². The van der Waals surface area contributed by atoms with Crippen LogP contribution >= 0.6 is 35.3 Å². The highest BCUT2D eigenvalue weighted by atomic mass is 32.2. The van der Waals surface area contributed by atoms with Crippen molar-refractivity contribution in [1.29, 1.82) is 0 Å². The molecule has 1 saturated carbocycles. The molecule has 52 heavy (non-hydrogen) atoms. The number of aliphatic carboxylic acids is 1. The van der Waals surface area contributed by atoms with E-state index in [0.717, 1.165) is 59.2 Å². The van der Waals surface area contributed by atoms with Crippen LogP contribution in [-0.2, 0) is 16.1 Å². The quantitative estimate of drug-likeness (QED) is 0.133. The van der Waals surface area contributed by atoms with Gasteiger partial charge in [0.15, 0.2) is 0 Å². The summed E-state index contributed by atoms with van der Waals surface area (Å²) in [6.45, 7) is 1.70. The maximum Gasteiger partial charge on any atom is 0.323 e. The van der Waals surface area contributed by atoms with E-state index in [9.17, 15) is 19.5 Å². The highest BCUT2D eigenvalue weighted by Crippen LogP contribution is 2.52. The molecule has 1 aromatic heterocycles. The molecule has 1 N–H and O–H groups in total. The summed E-state index contributed by atoms with van der Waals surface area (Å²) in [4.78, 5) is 42.8. The van der Waals surface area contributed by atoms with Crippen molar-refractivity contribution in [2.24, 2.45) is 0 Å². The monoisotopic (exact) mass is 741 g/mol. The number of thioether (sulfide) groups is 1. The van der Waals surface area contributed by atoms with Gasteiger partial charge in [0.25, 0.3) is 11.5 Å². The first-order valence-corrected chi connectivity index (χ1v) is 19.4. The van der Waals surface area contributed by atoms with Crippen LogP contribution in [0.15, 0.2) is 108 Å². The molecule has 2 atom stereocenters. The molecule has 3 aliphatic rings. The van der Waals surface area contributed by atoms with Crippen LogP contribution in [0.3, 0.4) is 0 Å². The Morgan fingerprint density at radius 2 is 1.58 bits per heavy atom. The van der Waals surface area contributed by atoms with Crippen LogP contribution in [0.5, 0.6) is 0 Å². The average molecular weight is 742 g/mol. The standard InChI is InChI=1S/C42H35N3O4S3/c1-2-43-40(49)38(52-42(43)50)41-44(25-37(46)47)39(48)36(51-41)24-27-18-21-35-33(23-27)31-14-9-15-34(31)45(35)30-19-16-26(17-20-30)22-32(28-10-5-3-6-11-28)29-12-7-4-8-13-29/h3-8,10-13,16-24,31,34H,2,9,14-15,25H2,1H3,(H,46,47)/b36-24+,41-38+/t31-,34-/m1/s1. The fourth-order valence-corrected chi connectivity index (χ4v) is 10.3. The van der Waals surface area contributed by atoms with E-state index in [2.05, 4.69) is 95.9 Å². The van der Waals surface area contributed by atoms with Crippen LogP contribution in [0, 0.1) is 0 Å². The van der Waals surface area contributed by atoms with Gasteiger partial charge >= 0.3 is 5.97 Å². The summed E-state index contributed by atoms with van der Waals surface area (Å²) in [5.74, 6) is -1.08. The van der Waals surface area contributed by atoms with Gasteiger partial charge in [-0.15, -0.1) is 11.3 Å². The zero-order valence-electron chi connectivity index (χ0n) is 28.4. The number of amides is 1. The minimum atomic E-state index is -1.15. The molecular formula is C42H35N3O4S3. The number of carboxylic acids is 1. The highest BCUT2D eigenvalue weighted by Gasteiger charge is 2.42. The lowest BCUT2D eigenvalue weighted by Gasteiger charge is -2.27. The fraction of sp³-hybridized carbons (Fsp3) is 0.190. The van der Waals surface area contributed by atoms with Crippen LogP contribution in [0.4, 0.5) is 11.4 Å². The zero-order chi connectivity index (χ0) is 35.9. The molecule has 0 spiro atoms. The maximum atomic E-state index is 13.6. The molecule has 0 bridgehead atoms. The first kappa shape index (κ1) is 34.1. The van der Waals surface area contributed by atoms with Gasteiger partial charge in [-0.25, -0.2) is 0 Å². The summed E-state index contributed by atoms with van der Waals surface area (Å²) < 4.78 is 2.29. The second-order valence-electron chi connectivity index (χ2n) is 13.1. The van der Waals surface area contributed by atoms with Crippen LogP contribution in [0.1, 0.15) is 59.9 Å². The summed E-state index contributed by atoms with van der Waals surface area (Å²) in [6.07, 6.45) is 7.41. The van der Waals surface area contributed by atoms with Gasteiger partial charge in [-0.2, -0.15) is 0 Å². The Hall–Kier alpha value is -5.03. The highest BCUT2D eigenvalue weighted by molar-refractivity contribution is 8.30. The van der Waals surface area contributed by atoms with Crippen molar-refractivity contribution < 1.29 is 14.7 Å². The molecule has 8 rings (SSSR count). The van der Waals surface area contributed by atoms with Gasteiger partial charge in [0.1, 0.15) is 20.4 Å². The van der Waals surface area contributed by atoms with Crippen LogP contribution in [-0.4, -0.2) is 43.4 Å². The Kier molecular flexibility index (Phi) is 9.29. The maximum absolute atomic E-state index is 13.6. The lowest BCUT2D eigenvalue weighted by atomic mass is 9.95. The number of hydrogen-bond acceptors (Lipinski definition) is 7. The van der Waals surface area contributed by atoms with E-state index in [0.29, 0.717) is 36.9 Å². The van der Waals surface area contributed by atoms with Crippen molar-refractivity contribution in [3.05, 3.63) is 150 Å². The minimum absolute atomic E-state index is 0.297. The smallest absolute Gasteiger partial charge is 0.323 e. The number of aromatic nitrogens is 1. The van der Waals surface area contributed by atoms with Gasteiger partial charge in [-0.3, -0.25) is 23.9 Å². The third kappa shape index (κ3) is 6.25. The number of carbonyl (C=O) groups is 2. The van der Waals surface area contributed by atoms with E-state index >= 15 is 0 Å². The Bertz CT molecular complexity index is 2390. The van der Waals surface area contributed by atoms with E-state index in [4.69, 9.17) is 12.2 Å². The van der Waals surface area contributed by atoms with Gasteiger partial charge in [-0.1, -0.05) is 109 Å². The summed E-state index contributed by atoms with van der Waals surface area (Å²) in [5.41, 5.74) is 8.67. The lowest BCUT2D eigenvalue weighted by Crippen LogP contribution is -2.35. The number of carbonyl (C=O) groups excluding carboxylic acids is 1. The number of nitrogens with zero attached hydrogens (tertiary/aromatic N) is 3. The normalized spacial score (nSPS) is 19.3. The van der Waals surface area contributed by atoms with Gasteiger partial charge in [0.2, 0.25) is 0 Å². The SMILES string of the molecule is CCN1C(=O)/C(=c2\s/c(=C/c3ccc4c(c3)[C@H]3CCC[C@H]3N4c3ccc(C=C(c4ccccc4)c4ccccc4)cc3)c(=O)n2CC(=O)O)SC1=S.